The van der Waals surface area contributed by atoms with Crippen LogP contribution in [0.1, 0.15) is 0 Å². The van der Waals surface area contributed by atoms with Crippen LogP contribution in [-0.4, -0.2) is 0 Å². The maximum absolute atomic E-state index is 2.23. The molecule has 0 aliphatic heterocycles. The molecule has 12 aromatic carbocycles. The summed E-state index contributed by atoms with van der Waals surface area (Å²) in [7, 11) is -1.78. The zero-order chi connectivity index (χ0) is 51.7. The van der Waals surface area contributed by atoms with Gasteiger partial charge in [-0.1, -0.05) is 364 Å². The van der Waals surface area contributed by atoms with Gasteiger partial charge in [-0.2, -0.15) is 0 Å². The van der Waals surface area contributed by atoms with Gasteiger partial charge in [0, 0.05) is 0 Å². The number of hydrogen-bond donors (Lipinski definition) is 0. The van der Waals surface area contributed by atoms with Gasteiger partial charge in [-0.05, 0) is 95.3 Å². The standard InChI is InChI=1S/4C18H15P.Ru.2H/c4*1-4-10-16(11-5-1)19(17-12-6-2-7-13-17)18-14-8-3-9-15-18;;;/h4*1-15H;;;. The molecule has 0 fully saturated rings. The van der Waals surface area contributed by atoms with Crippen molar-refractivity contribution >= 4 is 95.3 Å². The molecule has 0 saturated heterocycles. The summed E-state index contributed by atoms with van der Waals surface area (Å²) >= 11 is 0. The molecule has 0 nitrogen and oxygen atoms in total. The van der Waals surface area contributed by atoms with E-state index in [2.05, 4.69) is 364 Å². The second-order valence-corrected chi connectivity index (χ2v) is 26.2. The van der Waals surface area contributed by atoms with E-state index in [0.29, 0.717) is 0 Å². The average molecular weight is 1150 g/mol. The molecule has 0 heterocycles. The zero-order valence-corrected chi connectivity index (χ0v) is 48.4. The second kappa shape index (κ2) is 31.3. The molecule has 77 heavy (non-hydrogen) atoms. The molecule has 0 unspecified atom stereocenters. The fraction of sp³-hybridized carbons (Fsp3) is 0. The third-order valence-corrected chi connectivity index (χ3v) is 21.9. The van der Waals surface area contributed by atoms with E-state index in [-0.39, 0.29) is 19.5 Å². The first-order valence-corrected chi connectivity index (χ1v) is 31.0. The summed E-state index contributed by atoms with van der Waals surface area (Å²) in [5, 5.41) is 16.8. The Morgan fingerprint density at radius 3 is 0.234 bits per heavy atom. The van der Waals surface area contributed by atoms with Crippen molar-refractivity contribution in [1.29, 1.82) is 0 Å². The fourth-order valence-electron chi connectivity index (χ4n) is 8.71. The Morgan fingerprint density at radius 1 is 0.104 bits per heavy atom. The van der Waals surface area contributed by atoms with Gasteiger partial charge in [-0.3, -0.25) is 0 Å². The van der Waals surface area contributed by atoms with Crippen LogP contribution in [0.3, 0.4) is 0 Å². The van der Waals surface area contributed by atoms with E-state index in [1.54, 1.807) is 0 Å². The van der Waals surface area contributed by atoms with Crippen LogP contribution in [0.5, 0.6) is 0 Å². The summed E-state index contributed by atoms with van der Waals surface area (Å²) in [4.78, 5) is 0. The Balaban J connectivity index is 0.000000135. The van der Waals surface area contributed by atoms with Crippen LogP contribution in [0.2, 0.25) is 0 Å². The van der Waals surface area contributed by atoms with E-state index < -0.39 is 31.7 Å². The molecular formula is C72H62P4Ru. The first-order chi connectivity index (χ1) is 37.8. The number of hydrogen-bond acceptors (Lipinski definition) is 0. The largest absolute Gasteiger partial charge is 0.0622 e. The number of rotatable bonds is 12. The summed E-state index contributed by atoms with van der Waals surface area (Å²) in [5.74, 6) is 0. The van der Waals surface area contributed by atoms with Crippen LogP contribution in [-0.2, 0) is 19.5 Å². The molecule has 0 amide bonds. The van der Waals surface area contributed by atoms with Crippen molar-refractivity contribution in [3.05, 3.63) is 364 Å². The van der Waals surface area contributed by atoms with Crippen LogP contribution in [0.4, 0.5) is 0 Å². The Labute approximate surface area is 475 Å². The van der Waals surface area contributed by atoms with Gasteiger partial charge in [0.15, 0.2) is 0 Å². The molecule has 0 radical (unpaired) electrons. The summed E-state index contributed by atoms with van der Waals surface area (Å²) in [6, 6.07) is 129. The maximum atomic E-state index is 2.23. The molecule has 0 aliphatic carbocycles. The minimum atomic E-state index is -0.446. The quantitative estimate of drug-likeness (QED) is 0.0845. The molecule has 0 spiro atoms. The predicted molar refractivity (Wildman–Crippen MR) is 343 cm³/mol. The van der Waals surface area contributed by atoms with Crippen LogP contribution >= 0.6 is 31.7 Å². The SMILES string of the molecule is [RuH2].c1ccc(P(c2ccccc2)c2ccccc2)cc1.c1ccc(P(c2ccccc2)c2ccccc2)cc1.c1ccc(P(c2ccccc2)c2ccccc2)cc1.c1ccc(P(c2ccccc2)c2ccccc2)cc1. The molecule has 12 aromatic rings. The molecule has 0 bridgehead atoms. The molecule has 0 atom stereocenters. The van der Waals surface area contributed by atoms with E-state index in [9.17, 15) is 0 Å². The van der Waals surface area contributed by atoms with Crippen LogP contribution in [0.25, 0.3) is 0 Å². The first-order valence-electron chi connectivity index (χ1n) is 25.6. The molecular weight excluding hydrogens is 1090 g/mol. The minimum Gasteiger partial charge on any atom is -0.0622 e. The van der Waals surface area contributed by atoms with Crippen molar-refractivity contribution in [1.82, 2.24) is 0 Å². The Kier molecular flexibility index (Phi) is 22.8. The van der Waals surface area contributed by atoms with Gasteiger partial charge in [-0.25, -0.2) is 0 Å². The van der Waals surface area contributed by atoms with Gasteiger partial charge < -0.3 is 0 Å². The normalized spacial score (nSPS) is 10.4. The van der Waals surface area contributed by atoms with Crippen molar-refractivity contribution in [2.24, 2.45) is 0 Å². The van der Waals surface area contributed by atoms with E-state index in [0.717, 1.165) is 0 Å². The third-order valence-electron chi connectivity index (χ3n) is 12.2. The molecule has 0 N–H and O–H groups in total. The van der Waals surface area contributed by atoms with E-state index in [1.807, 2.05) is 0 Å². The molecule has 0 aromatic heterocycles. The van der Waals surface area contributed by atoms with Gasteiger partial charge in [0.2, 0.25) is 0 Å². The summed E-state index contributed by atoms with van der Waals surface area (Å²) < 4.78 is 0. The second-order valence-electron chi connectivity index (χ2n) is 17.4. The number of benzene rings is 12. The fourth-order valence-corrected chi connectivity index (χ4v) is 17.9. The van der Waals surface area contributed by atoms with Crippen molar-refractivity contribution in [3.63, 3.8) is 0 Å². The van der Waals surface area contributed by atoms with Crippen molar-refractivity contribution in [2.75, 3.05) is 0 Å². The van der Waals surface area contributed by atoms with Crippen molar-refractivity contribution in [2.45, 2.75) is 0 Å². The molecule has 12 rings (SSSR count). The molecule has 378 valence electrons. The maximum Gasteiger partial charge on any atom is -0.0134 e. The third kappa shape index (κ3) is 16.5. The monoisotopic (exact) mass is 1150 g/mol. The topological polar surface area (TPSA) is 0 Å². The van der Waals surface area contributed by atoms with Crippen molar-refractivity contribution in [3.8, 4) is 0 Å². The summed E-state index contributed by atoms with van der Waals surface area (Å²) in [6.07, 6.45) is 0. The van der Waals surface area contributed by atoms with Crippen LogP contribution in [0.15, 0.2) is 364 Å². The first kappa shape index (κ1) is 56.2. The average Bonchev–Trinajstić information content (AvgIpc) is 3.51. The Bertz CT molecular complexity index is 2580. The predicted octanol–water partition coefficient (Wildman–Crippen LogP) is 13.2. The van der Waals surface area contributed by atoms with Gasteiger partial charge in [-0.15, -0.1) is 0 Å². The van der Waals surface area contributed by atoms with Crippen molar-refractivity contribution < 1.29 is 19.5 Å². The van der Waals surface area contributed by atoms with Gasteiger partial charge >= 0.3 is 19.5 Å². The zero-order valence-electron chi connectivity index (χ0n) is 42.8. The van der Waals surface area contributed by atoms with Gasteiger partial charge in [0.1, 0.15) is 0 Å². The van der Waals surface area contributed by atoms with Crippen LogP contribution < -0.4 is 63.7 Å². The van der Waals surface area contributed by atoms with Gasteiger partial charge in [0.05, 0.1) is 0 Å². The molecule has 0 saturated carbocycles. The van der Waals surface area contributed by atoms with E-state index in [1.165, 1.54) is 63.7 Å². The smallest absolute Gasteiger partial charge is 0.0134 e. The summed E-state index contributed by atoms with van der Waals surface area (Å²) in [6.45, 7) is 0. The van der Waals surface area contributed by atoms with E-state index >= 15 is 0 Å². The summed E-state index contributed by atoms with van der Waals surface area (Å²) in [5.41, 5.74) is 0. The van der Waals surface area contributed by atoms with Crippen LogP contribution in [0, 0.1) is 0 Å². The minimum absolute atomic E-state index is 0. The van der Waals surface area contributed by atoms with E-state index in [4.69, 9.17) is 0 Å². The Hall–Kier alpha value is -7.02. The molecule has 0 aliphatic rings. The molecule has 5 heteroatoms. The Morgan fingerprint density at radius 2 is 0.169 bits per heavy atom. The van der Waals surface area contributed by atoms with Gasteiger partial charge in [0.25, 0.3) is 0 Å².